The molecule has 2 aromatic rings. The van der Waals surface area contributed by atoms with E-state index in [4.69, 9.17) is 11.6 Å². The van der Waals surface area contributed by atoms with Crippen molar-refractivity contribution in [2.24, 2.45) is 0 Å². The fourth-order valence-corrected chi connectivity index (χ4v) is 2.79. The second-order valence-corrected chi connectivity index (χ2v) is 5.21. The molecule has 0 aliphatic rings. The lowest BCUT2D eigenvalue weighted by atomic mass is 10.1. The summed E-state index contributed by atoms with van der Waals surface area (Å²) in [5.74, 6) is 0.671. The Morgan fingerprint density at radius 3 is 2.74 bits per heavy atom. The maximum atomic E-state index is 5.93. The van der Waals surface area contributed by atoms with Gasteiger partial charge in [0, 0.05) is 37.4 Å². The number of hydrogen-bond acceptors (Lipinski definition) is 2. The van der Waals surface area contributed by atoms with Crippen LogP contribution in [0.2, 0.25) is 0 Å². The van der Waals surface area contributed by atoms with Gasteiger partial charge in [0.25, 0.3) is 0 Å². The largest absolute Gasteiger partial charge is 0.307 e. The number of rotatable bonds is 7. The molecule has 0 bridgehead atoms. The Balaban J connectivity index is 2.15. The van der Waals surface area contributed by atoms with Gasteiger partial charge in [0.1, 0.15) is 5.65 Å². The van der Waals surface area contributed by atoms with Gasteiger partial charge in [-0.1, -0.05) is 19.9 Å². The second kappa shape index (κ2) is 6.92. The van der Waals surface area contributed by atoms with Crippen LogP contribution in [0.4, 0.5) is 0 Å². The number of aromatic nitrogens is 2. The molecule has 0 radical (unpaired) electrons. The maximum absolute atomic E-state index is 5.93. The van der Waals surface area contributed by atoms with Crippen LogP contribution in [0.1, 0.15) is 32.4 Å². The predicted molar refractivity (Wildman–Crippen MR) is 80.7 cm³/mol. The number of imidazole rings is 1. The topological polar surface area (TPSA) is 20.5 Å². The normalized spacial score (nSPS) is 11.8. The van der Waals surface area contributed by atoms with Crippen LogP contribution in [-0.2, 0) is 6.54 Å². The third-order valence-electron chi connectivity index (χ3n) is 3.61. The summed E-state index contributed by atoms with van der Waals surface area (Å²) in [6.07, 6.45) is 6.45. The maximum Gasteiger partial charge on any atom is 0.137 e. The standard InChI is InChI=1S/C15H22ClN3/c1-3-14(4-2)18(10-8-16)11-13-12-19-9-6-5-7-15(19)17-13/h5-7,9,12,14H,3-4,8,10-11H2,1-2H3. The molecule has 2 rings (SSSR count). The molecule has 2 heterocycles. The highest BCUT2D eigenvalue weighted by atomic mass is 35.5. The Morgan fingerprint density at radius 1 is 1.32 bits per heavy atom. The predicted octanol–water partition coefficient (Wildman–Crippen LogP) is 3.56. The number of alkyl halides is 1. The Morgan fingerprint density at radius 2 is 2.11 bits per heavy atom. The molecule has 0 atom stereocenters. The van der Waals surface area contributed by atoms with Gasteiger partial charge in [0.05, 0.1) is 5.69 Å². The number of hydrogen-bond donors (Lipinski definition) is 0. The van der Waals surface area contributed by atoms with E-state index in [2.05, 4.69) is 34.3 Å². The van der Waals surface area contributed by atoms with Gasteiger partial charge in [-0.05, 0) is 25.0 Å². The minimum Gasteiger partial charge on any atom is -0.307 e. The molecule has 104 valence electrons. The average molecular weight is 280 g/mol. The zero-order valence-electron chi connectivity index (χ0n) is 11.7. The molecule has 0 N–H and O–H groups in total. The molecule has 0 amide bonds. The molecular formula is C15H22ClN3. The van der Waals surface area contributed by atoms with E-state index in [-0.39, 0.29) is 0 Å². The first-order valence-electron chi connectivity index (χ1n) is 7.01. The van der Waals surface area contributed by atoms with E-state index in [9.17, 15) is 0 Å². The third kappa shape index (κ3) is 3.48. The van der Waals surface area contributed by atoms with Crippen LogP contribution < -0.4 is 0 Å². The van der Waals surface area contributed by atoms with Crippen molar-refractivity contribution in [3.8, 4) is 0 Å². The van der Waals surface area contributed by atoms with Crippen molar-refractivity contribution in [2.45, 2.75) is 39.3 Å². The van der Waals surface area contributed by atoms with E-state index in [1.54, 1.807) is 0 Å². The highest BCUT2D eigenvalue weighted by Crippen LogP contribution is 2.14. The first kappa shape index (κ1) is 14.4. The second-order valence-electron chi connectivity index (χ2n) is 4.83. The first-order valence-corrected chi connectivity index (χ1v) is 7.54. The molecule has 0 aliphatic heterocycles. The quantitative estimate of drug-likeness (QED) is 0.723. The summed E-state index contributed by atoms with van der Waals surface area (Å²) in [6.45, 7) is 6.26. The zero-order chi connectivity index (χ0) is 13.7. The van der Waals surface area contributed by atoms with Crippen LogP contribution in [-0.4, -0.2) is 32.8 Å². The number of nitrogens with zero attached hydrogens (tertiary/aromatic N) is 3. The smallest absolute Gasteiger partial charge is 0.137 e. The van der Waals surface area contributed by atoms with Gasteiger partial charge in [-0.25, -0.2) is 4.98 Å². The third-order valence-corrected chi connectivity index (χ3v) is 3.78. The minimum atomic E-state index is 0.587. The SMILES string of the molecule is CCC(CC)N(CCCl)Cc1cn2ccccc2n1. The van der Waals surface area contributed by atoms with Crippen molar-refractivity contribution >= 4 is 17.2 Å². The van der Waals surface area contributed by atoms with Crippen molar-refractivity contribution in [3.05, 3.63) is 36.3 Å². The number of pyridine rings is 1. The van der Waals surface area contributed by atoms with Crippen molar-refractivity contribution < 1.29 is 0 Å². The Labute approximate surface area is 120 Å². The number of halogens is 1. The summed E-state index contributed by atoms with van der Waals surface area (Å²) in [7, 11) is 0. The fourth-order valence-electron chi connectivity index (χ4n) is 2.58. The Kier molecular flexibility index (Phi) is 5.23. The van der Waals surface area contributed by atoms with Crippen molar-refractivity contribution in [3.63, 3.8) is 0 Å². The average Bonchev–Trinajstić information content (AvgIpc) is 2.82. The molecule has 0 fully saturated rings. The molecule has 2 aromatic heterocycles. The highest BCUT2D eigenvalue weighted by molar-refractivity contribution is 6.18. The van der Waals surface area contributed by atoms with Crippen LogP contribution in [0.15, 0.2) is 30.6 Å². The van der Waals surface area contributed by atoms with Crippen LogP contribution >= 0.6 is 11.6 Å². The summed E-state index contributed by atoms with van der Waals surface area (Å²) in [5, 5.41) is 0. The van der Waals surface area contributed by atoms with Gasteiger partial charge < -0.3 is 4.40 Å². The number of fused-ring (bicyclic) bond motifs is 1. The molecule has 0 spiro atoms. The molecule has 0 aromatic carbocycles. The van der Waals surface area contributed by atoms with Gasteiger partial charge in [-0.2, -0.15) is 0 Å². The summed E-state index contributed by atoms with van der Waals surface area (Å²) < 4.78 is 2.07. The Hall–Kier alpha value is -1.06. The van der Waals surface area contributed by atoms with E-state index >= 15 is 0 Å². The molecule has 0 saturated carbocycles. The molecule has 0 aliphatic carbocycles. The Bertz CT molecular complexity index is 472. The lowest BCUT2D eigenvalue weighted by Gasteiger charge is -2.28. The molecular weight excluding hydrogens is 258 g/mol. The fraction of sp³-hybridized carbons (Fsp3) is 0.533. The molecule has 3 nitrogen and oxygen atoms in total. The molecule has 19 heavy (non-hydrogen) atoms. The summed E-state index contributed by atoms with van der Waals surface area (Å²) in [6, 6.07) is 6.66. The lowest BCUT2D eigenvalue weighted by molar-refractivity contribution is 0.186. The van der Waals surface area contributed by atoms with Gasteiger partial charge in [0.15, 0.2) is 0 Å². The van der Waals surface area contributed by atoms with Crippen molar-refractivity contribution in [1.29, 1.82) is 0 Å². The zero-order valence-corrected chi connectivity index (χ0v) is 12.5. The van der Waals surface area contributed by atoms with Crippen LogP contribution in [0, 0.1) is 0 Å². The minimum absolute atomic E-state index is 0.587. The van der Waals surface area contributed by atoms with Gasteiger partial charge >= 0.3 is 0 Å². The summed E-state index contributed by atoms with van der Waals surface area (Å²) >= 11 is 5.93. The van der Waals surface area contributed by atoms with Gasteiger partial charge in [-0.15, -0.1) is 11.6 Å². The summed E-state index contributed by atoms with van der Waals surface area (Å²) in [5.41, 5.74) is 2.12. The van der Waals surface area contributed by atoms with Crippen LogP contribution in [0.5, 0.6) is 0 Å². The first-order chi connectivity index (χ1) is 9.28. The van der Waals surface area contributed by atoms with E-state index in [1.807, 2.05) is 24.4 Å². The van der Waals surface area contributed by atoms with E-state index in [0.29, 0.717) is 11.9 Å². The molecule has 0 unspecified atom stereocenters. The van der Waals surface area contributed by atoms with Gasteiger partial charge in [-0.3, -0.25) is 4.90 Å². The van der Waals surface area contributed by atoms with Crippen LogP contribution in [0.3, 0.4) is 0 Å². The van der Waals surface area contributed by atoms with Crippen molar-refractivity contribution in [1.82, 2.24) is 14.3 Å². The highest BCUT2D eigenvalue weighted by Gasteiger charge is 2.16. The van der Waals surface area contributed by atoms with Crippen LogP contribution in [0.25, 0.3) is 5.65 Å². The van der Waals surface area contributed by atoms with E-state index in [1.165, 1.54) is 0 Å². The van der Waals surface area contributed by atoms with E-state index < -0.39 is 0 Å². The monoisotopic (exact) mass is 279 g/mol. The summed E-state index contributed by atoms with van der Waals surface area (Å²) in [4.78, 5) is 7.10. The van der Waals surface area contributed by atoms with Gasteiger partial charge in [0.2, 0.25) is 0 Å². The lowest BCUT2D eigenvalue weighted by Crippen LogP contribution is -2.35. The molecule has 0 saturated heterocycles. The van der Waals surface area contributed by atoms with Crippen molar-refractivity contribution in [2.75, 3.05) is 12.4 Å². The molecule has 4 heteroatoms. The van der Waals surface area contributed by atoms with E-state index in [0.717, 1.165) is 37.3 Å².